The lowest BCUT2D eigenvalue weighted by Gasteiger charge is -2.37. The van der Waals surface area contributed by atoms with Crippen molar-refractivity contribution in [3.05, 3.63) is 36.3 Å². The average Bonchev–Trinajstić information content (AvgIpc) is 3.27. The summed E-state index contributed by atoms with van der Waals surface area (Å²) < 4.78 is 5.57. The molecule has 0 aliphatic carbocycles. The van der Waals surface area contributed by atoms with Gasteiger partial charge in [0.1, 0.15) is 17.2 Å². The zero-order chi connectivity index (χ0) is 22.3. The number of nitriles is 1. The van der Waals surface area contributed by atoms with E-state index in [9.17, 15) is 10.1 Å². The Morgan fingerprint density at radius 2 is 2.06 bits per heavy atom. The van der Waals surface area contributed by atoms with Gasteiger partial charge in [0.25, 0.3) is 0 Å². The van der Waals surface area contributed by atoms with Crippen LogP contribution in [0, 0.1) is 11.3 Å². The fourth-order valence-corrected chi connectivity index (χ4v) is 3.27. The standard InChI is InChI=1S/C21H28N8O2/c1-21(2,3)31-20(30)29-11-5-4-6-18(29)14-24-17-9-7-16(8-10-17)23-13-15(12-22)19-25-27-28-26-19/h7-10,13,18,23-24H,4-6,11,14H2,1-3H3,(H,25,26,27,28). The summed E-state index contributed by atoms with van der Waals surface area (Å²) in [6, 6.07) is 9.81. The molecule has 2 heterocycles. The SMILES string of the molecule is CC(C)(C)OC(=O)N1CCCCC1CNc1ccc(NC=C(C#N)c2nn[nH]n2)cc1. The molecule has 10 heteroatoms. The van der Waals surface area contributed by atoms with Crippen LogP contribution in [-0.4, -0.2) is 56.3 Å². The number of rotatable bonds is 6. The topological polar surface area (TPSA) is 132 Å². The summed E-state index contributed by atoms with van der Waals surface area (Å²) in [4.78, 5) is 14.4. The highest BCUT2D eigenvalue weighted by Crippen LogP contribution is 2.22. The van der Waals surface area contributed by atoms with Gasteiger partial charge in [0.15, 0.2) is 0 Å². The van der Waals surface area contributed by atoms with Crippen molar-refractivity contribution in [2.45, 2.75) is 51.7 Å². The number of likely N-dealkylation sites (tertiary alicyclic amines) is 1. The van der Waals surface area contributed by atoms with E-state index in [1.165, 1.54) is 6.20 Å². The third-order valence-corrected chi connectivity index (χ3v) is 4.77. The van der Waals surface area contributed by atoms with Gasteiger partial charge in [0.2, 0.25) is 5.82 Å². The molecule has 31 heavy (non-hydrogen) atoms. The van der Waals surface area contributed by atoms with E-state index in [1.807, 2.05) is 56.0 Å². The number of nitrogens with one attached hydrogen (secondary N) is 3. The van der Waals surface area contributed by atoms with E-state index in [2.05, 4.69) is 31.3 Å². The van der Waals surface area contributed by atoms with E-state index in [4.69, 9.17) is 4.74 Å². The zero-order valence-corrected chi connectivity index (χ0v) is 18.1. The molecule has 0 radical (unpaired) electrons. The molecular weight excluding hydrogens is 396 g/mol. The average molecular weight is 425 g/mol. The first kappa shape index (κ1) is 22.1. The second kappa shape index (κ2) is 9.93. The van der Waals surface area contributed by atoms with Crippen LogP contribution in [0.25, 0.3) is 5.57 Å². The largest absolute Gasteiger partial charge is 0.444 e. The number of amides is 1. The number of aromatic amines is 1. The summed E-state index contributed by atoms with van der Waals surface area (Å²) in [5, 5.41) is 29.0. The van der Waals surface area contributed by atoms with Crippen molar-refractivity contribution in [3.8, 4) is 6.07 Å². The number of H-pyrrole nitrogens is 1. The van der Waals surface area contributed by atoms with Crippen LogP contribution in [0.5, 0.6) is 0 Å². The van der Waals surface area contributed by atoms with Crippen LogP contribution in [0.2, 0.25) is 0 Å². The van der Waals surface area contributed by atoms with E-state index in [0.717, 1.165) is 37.2 Å². The van der Waals surface area contributed by atoms with Gasteiger partial charge in [0.05, 0.1) is 6.04 Å². The van der Waals surface area contributed by atoms with Gasteiger partial charge < -0.3 is 20.3 Å². The quantitative estimate of drug-likeness (QED) is 0.601. The van der Waals surface area contributed by atoms with Crippen LogP contribution in [0.15, 0.2) is 30.5 Å². The molecule has 10 nitrogen and oxygen atoms in total. The van der Waals surface area contributed by atoms with Crippen molar-refractivity contribution in [2.75, 3.05) is 23.7 Å². The number of benzene rings is 1. The minimum Gasteiger partial charge on any atom is -0.444 e. The minimum atomic E-state index is -0.501. The molecule has 1 unspecified atom stereocenters. The van der Waals surface area contributed by atoms with Crippen LogP contribution in [0.3, 0.4) is 0 Å². The number of hydrogen-bond acceptors (Lipinski definition) is 8. The lowest BCUT2D eigenvalue weighted by molar-refractivity contribution is 0.0114. The molecule has 1 aromatic carbocycles. The number of allylic oxidation sites excluding steroid dienone is 1. The molecule has 1 aliphatic heterocycles. The Labute approximate surface area is 181 Å². The Kier molecular flexibility index (Phi) is 7.07. The van der Waals surface area contributed by atoms with Crippen molar-refractivity contribution in [1.29, 1.82) is 5.26 Å². The van der Waals surface area contributed by atoms with Gasteiger partial charge in [-0.15, -0.1) is 10.2 Å². The van der Waals surface area contributed by atoms with Crippen LogP contribution < -0.4 is 10.6 Å². The van der Waals surface area contributed by atoms with Crippen molar-refractivity contribution in [2.24, 2.45) is 0 Å². The van der Waals surface area contributed by atoms with Gasteiger partial charge in [-0.1, -0.05) is 0 Å². The predicted octanol–water partition coefficient (Wildman–Crippen LogP) is 3.38. The first-order valence-corrected chi connectivity index (χ1v) is 10.3. The molecule has 1 saturated heterocycles. The third kappa shape index (κ3) is 6.44. The monoisotopic (exact) mass is 424 g/mol. The smallest absolute Gasteiger partial charge is 0.410 e. The van der Waals surface area contributed by atoms with E-state index in [1.54, 1.807) is 0 Å². The van der Waals surface area contributed by atoms with Gasteiger partial charge in [-0.2, -0.15) is 10.5 Å². The molecule has 0 saturated carbocycles. The lowest BCUT2D eigenvalue weighted by atomic mass is 10.0. The Hall–Kier alpha value is -3.61. The highest BCUT2D eigenvalue weighted by molar-refractivity contribution is 5.74. The number of piperidine rings is 1. The first-order chi connectivity index (χ1) is 14.9. The number of anilines is 2. The summed E-state index contributed by atoms with van der Waals surface area (Å²) in [6.45, 7) is 7.03. The molecule has 3 N–H and O–H groups in total. The summed E-state index contributed by atoms with van der Waals surface area (Å²) in [7, 11) is 0. The highest BCUT2D eigenvalue weighted by Gasteiger charge is 2.30. The molecule has 1 atom stereocenters. The minimum absolute atomic E-state index is 0.0949. The van der Waals surface area contributed by atoms with Gasteiger partial charge >= 0.3 is 6.09 Å². The molecule has 3 rings (SSSR count). The molecule has 0 spiro atoms. The van der Waals surface area contributed by atoms with Gasteiger partial charge in [-0.05, 0) is 69.5 Å². The van der Waals surface area contributed by atoms with E-state index in [-0.39, 0.29) is 23.5 Å². The first-order valence-electron chi connectivity index (χ1n) is 10.3. The van der Waals surface area contributed by atoms with Gasteiger partial charge in [-0.25, -0.2) is 4.79 Å². The molecule has 0 bridgehead atoms. The van der Waals surface area contributed by atoms with Crippen molar-refractivity contribution in [1.82, 2.24) is 25.5 Å². The van der Waals surface area contributed by atoms with Crippen molar-refractivity contribution >= 4 is 23.0 Å². The summed E-state index contributed by atoms with van der Waals surface area (Å²) in [6.07, 6.45) is 4.33. The van der Waals surface area contributed by atoms with Gasteiger partial charge in [0, 0.05) is 30.7 Å². The summed E-state index contributed by atoms with van der Waals surface area (Å²) in [5.41, 5.74) is 1.53. The number of ether oxygens (including phenoxy) is 1. The van der Waals surface area contributed by atoms with E-state index < -0.39 is 5.60 Å². The molecule has 1 aromatic heterocycles. The van der Waals surface area contributed by atoms with Crippen molar-refractivity contribution < 1.29 is 9.53 Å². The molecule has 1 aliphatic rings. The maximum atomic E-state index is 12.5. The molecule has 164 valence electrons. The number of aromatic nitrogens is 4. The second-order valence-corrected chi connectivity index (χ2v) is 8.33. The Morgan fingerprint density at radius 1 is 1.32 bits per heavy atom. The number of carbonyl (C=O) groups is 1. The zero-order valence-electron chi connectivity index (χ0n) is 18.1. The summed E-state index contributed by atoms with van der Waals surface area (Å²) >= 11 is 0. The highest BCUT2D eigenvalue weighted by atomic mass is 16.6. The van der Waals surface area contributed by atoms with E-state index in [0.29, 0.717) is 6.54 Å². The predicted molar refractivity (Wildman–Crippen MR) is 117 cm³/mol. The molecule has 1 fully saturated rings. The number of hydrogen-bond donors (Lipinski definition) is 3. The molecule has 1 amide bonds. The Balaban J connectivity index is 1.55. The third-order valence-electron chi connectivity index (χ3n) is 4.77. The molecular formula is C21H28N8O2. The second-order valence-electron chi connectivity index (χ2n) is 8.33. The fourth-order valence-electron chi connectivity index (χ4n) is 3.27. The van der Waals surface area contributed by atoms with Crippen LogP contribution in [0.1, 0.15) is 45.9 Å². The molecule has 2 aromatic rings. The van der Waals surface area contributed by atoms with Crippen LogP contribution in [0.4, 0.5) is 16.2 Å². The van der Waals surface area contributed by atoms with Gasteiger partial charge in [-0.3, -0.25) is 0 Å². The maximum absolute atomic E-state index is 12.5. The van der Waals surface area contributed by atoms with Crippen LogP contribution >= 0.6 is 0 Å². The fraction of sp³-hybridized carbons (Fsp3) is 0.476. The Morgan fingerprint density at radius 3 is 2.71 bits per heavy atom. The lowest BCUT2D eigenvalue weighted by Crippen LogP contribution is -2.48. The van der Waals surface area contributed by atoms with Crippen molar-refractivity contribution in [3.63, 3.8) is 0 Å². The number of carbonyl (C=O) groups excluding carboxylic acids is 1. The maximum Gasteiger partial charge on any atom is 0.410 e. The summed E-state index contributed by atoms with van der Waals surface area (Å²) in [5.74, 6) is 0.232. The van der Waals surface area contributed by atoms with Crippen LogP contribution in [-0.2, 0) is 4.74 Å². The normalized spacial score (nSPS) is 17.0. The number of tetrazole rings is 1. The Bertz CT molecular complexity index is 926. The van der Waals surface area contributed by atoms with E-state index >= 15 is 0 Å². The number of nitrogens with zero attached hydrogens (tertiary/aromatic N) is 5.